The van der Waals surface area contributed by atoms with E-state index in [-0.39, 0.29) is 29.1 Å². The van der Waals surface area contributed by atoms with E-state index < -0.39 is 17.8 Å². The van der Waals surface area contributed by atoms with Gasteiger partial charge in [0.15, 0.2) is 11.0 Å². The van der Waals surface area contributed by atoms with Crippen LogP contribution in [0, 0.1) is 11.7 Å². The standard InChI is InChI=1S/C23H26FN5O4S/c1-15(2)12-25-22(31)26-21(30)14-34-23-28-27-20(29(23)19-7-5-4-6-18(19)24)13-33-17-10-8-16(32-3)9-11-17/h4-11,15H,12-14H2,1-3H3,(H2,25,26,30,31). The van der Waals surface area contributed by atoms with Crippen LogP contribution in [0.3, 0.4) is 0 Å². The highest BCUT2D eigenvalue weighted by atomic mass is 32.2. The Morgan fingerprint density at radius 2 is 1.79 bits per heavy atom. The smallest absolute Gasteiger partial charge is 0.321 e. The molecule has 3 amide bonds. The molecule has 0 aliphatic rings. The number of ether oxygens (including phenoxy) is 2. The number of urea groups is 1. The summed E-state index contributed by atoms with van der Waals surface area (Å²) in [5, 5.41) is 13.4. The molecule has 1 heterocycles. The highest BCUT2D eigenvalue weighted by molar-refractivity contribution is 7.99. The number of amides is 3. The van der Waals surface area contributed by atoms with Gasteiger partial charge in [0.05, 0.1) is 18.6 Å². The molecule has 0 spiro atoms. The SMILES string of the molecule is COc1ccc(OCc2nnc(SCC(=O)NC(=O)NCC(C)C)n2-c2ccccc2F)cc1. The van der Waals surface area contributed by atoms with Gasteiger partial charge in [-0.3, -0.25) is 14.7 Å². The van der Waals surface area contributed by atoms with Crippen LogP contribution >= 0.6 is 11.8 Å². The molecule has 0 aliphatic carbocycles. The Morgan fingerprint density at radius 3 is 2.47 bits per heavy atom. The summed E-state index contributed by atoms with van der Waals surface area (Å²) in [6, 6.07) is 12.6. The predicted octanol–water partition coefficient (Wildman–Crippen LogP) is 3.57. The first-order valence-corrected chi connectivity index (χ1v) is 11.5. The number of benzene rings is 2. The number of methoxy groups -OCH3 is 1. The van der Waals surface area contributed by atoms with E-state index in [0.717, 1.165) is 11.8 Å². The maximum atomic E-state index is 14.6. The zero-order valence-corrected chi connectivity index (χ0v) is 19.9. The van der Waals surface area contributed by atoms with Crippen molar-refractivity contribution < 1.29 is 23.5 Å². The van der Waals surface area contributed by atoms with E-state index in [1.54, 1.807) is 49.6 Å². The van der Waals surface area contributed by atoms with Crippen LogP contribution in [-0.2, 0) is 11.4 Å². The maximum absolute atomic E-state index is 14.6. The van der Waals surface area contributed by atoms with E-state index in [2.05, 4.69) is 20.8 Å². The molecule has 1 aromatic heterocycles. The number of carbonyl (C=O) groups is 2. The first kappa shape index (κ1) is 25.0. The van der Waals surface area contributed by atoms with Gasteiger partial charge >= 0.3 is 6.03 Å². The first-order valence-electron chi connectivity index (χ1n) is 10.5. The lowest BCUT2D eigenvalue weighted by Crippen LogP contribution is -2.41. The molecule has 0 fully saturated rings. The molecular formula is C23H26FN5O4S. The fraction of sp³-hybridized carbons (Fsp3) is 0.304. The average molecular weight is 488 g/mol. The summed E-state index contributed by atoms with van der Waals surface area (Å²) in [7, 11) is 1.57. The molecule has 0 atom stereocenters. The van der Waals surface area contributed by atoms with Crippen molar-refractivity contribution in [3.63, 3.8) is 0 Å². The van der Waals surface area contributed by atoms with E-state index in [1.165, 1.54) is 10.6 Å². The van der Waals surface area contributed by atoms with E-state index in [0.29, 0.717) is 23.9 Å². The second-order valence-electron chi connectivity index (χ2n) is 7.59. The quantitative estimate of drug-likeness (QED) is 0.421. The van der Waals surface area contributed by atoms with Gasteiger partial charge in [-0.2, -0.15) is 0 Å². The van der Waals surface area contributed by atoms with Crippen molar-refractivity contribution in [2.75, 3.05) is 19.4 Å². The fourth-order valence-electron chi connectivity index (χ4n) is 2.82. The summed E-state index contributed by atoms with van der Waals surface area (Å²) < 4.78 is 27.0. The van der Waals surface area contributed by atoms with E-state index in [4.69, 9.17) is 9.47 Å². The number of nitrogens with zero attached hydrogens (tertiary/aromatic N) is 3. The van der Waals surface area contributed by atoms with Crippen molar-refractivity contribution in [2.45, 2.75) is 25.6 Å². The summed E-state index contributed by atoms with van der Waals surface area (Å²) >= 11 is 1.03. The van der Waals surface area contributed by atoms with Crippen molar-refractivity contribution in [3.05, 3.63) is 60.2 Å². The van der Waals surface area contributed by atoms with Crippen molar-refractivity contribution in [3.8, 4) is 17.2 Å². The van der Waals surface area contributed by atoms with Gasteiger partial charge in [0.1, 0.15) is 23.9 Å². The Morgan fingerprint density at radius 1 is 1.09 bits per heavy atom. The van der Waals surface area contributed by atoms with Crippen LogP contribution in [0.1, 0.15) is 19.7 Å². The molecule has 2 N–H and O–H groups in total. The molecule has 0 radical (unpaired) electrons. The third kappa shape index (κ3) is 6.95. The molecule has 0 unspecified atom stereocenters. The highest BCUT2D eigenvalue weighted by Gasteiger charge is 2.19. The molecular weight excluding hydrogens is 461 g/mol. The Hall–Kier alpha value is -3.60. The largest absolute Gasteiger partial charge is 0.497 e. The summed E-state index contributed by atoms with van der Waals surface area (Å²) in [6.45, 7) is 4.36. The highest BCUT2D eigenvalue weighted by Crippen LogP contribution is 2.25. The van der Waals surface area contributed by atoms with Crippen LogP contribution in [0.5, 0.6) is 11.5 Å². The van der Waals surface area contributed by atoms with Gasteiger partial charge in [-0.05, 0) is 42.3 Å². The second-order valence-corrected chi connectivity index (χ2v) is 8.53. The minimum absolute atomic E-state index is 0.0119. The summed E-state index contributed by atoms with van der Waals surface area (Å²) in [6.07, 6.45) is 0. The maximum Gasteiger partial charge on any atom is 0.321 e. The Balaban J connectivity index is 1.73. The van der Waals surface area contributed by atoms with Crippen LogP contribution < -0.4 is 20.1 Å². The molecule has 0 bridgehead atoms. The summed E-state index contributed by atoms with van der Waals surface area (Å²) in [5.41, 5.74) is 0.221. The van der Waals surface area contributed by atoms with Crippen molar-refractivity contribution in [1.82, 2.24) is 25.4 Å². The number of para-hydroxylation sites is 1. The van der Waals surface area contributed by atoms with Gasteiger partial charge in [-0.1, -0.05) is 37.7 Å². The molecule has 9 nitrogen and oxygen atoms in total. The van der Waals surface area contributed by atoms with Crippen LogP contribution in [0.4, 0.5) is 9.18 Å². The lowest BCUT2D eigenvalue weighted by molar-refractivity contribution is -0.117. The van der Waals surface area contributed by atoms with Gasteiger partial charge in [0.25, 0.3) is 0 Å². The van der Waals surface area contributed by atoms with Gasteiger partial charge in [-0.15, -0.1) is 10.2 Å². The van der Waals surface area contributed by atoms with Crippen molar-refractivity contribution in [1.29, 1.82) is 0 Å². The van der Waals surface area contributed by atoms with Gasteiger partial charge < -0.3 is 14.8 Å². The average Bonchev–Trinajstić information content (AvgIpc) is 3.23. The lowest BCUT2D eigenvalue weighted by atomic mass is 10.2. The Bertz CT molecular complexity index is 1120. The second kappa shape index (κ2) is 12.0. The zero-order chi connectivity index (χ0) is 24.5. The van der Waals surface area contributed by atoms with E-state index in [1.807, 2.05) is 13.8 Å². The number of hydrogen-bond donors (Lipinski definition) is 2. The zero-order valence-electron chi connectivity index (χ0n) is 19.1. The minimum atomic E-state index is -0.566. The summed E-state index contributed by atoms with van der Waals surface area (Å²) in [5.74, 6) is 0.770. The number of thioether (sulfide) groups is 1. The number of aromatic nitrogens is 3. The monoisotopic (exact) mass is 487 g/mol. The molecule has 3 rings (SSSR count). The topological polar surface area (TPSA) is 107 Å². The van der Waals surface area contributed by atoms with Crippen LogP contribution in [0.2, 0.25) is 0 Å². The van der Waals surface area contributed by atoms with Gasteiger partial charge in [-0.25, -0.2) is 9.18 Å². The molecule has 34 heavy (non-hydrogen) atoms. The third-order valence-electron chi connectivity index (χ3n) is 4.48. The number of imide groups is 1. The van der Waals surface area contributed by atoms with Crippen molar-refractivity contribution >= 4 is 23.7 Å². The molecule has 2 aromatic carbocycles. The minimum Gasteiger partial charge on any atom is -0.497 e. The van der Waals surface area contributed by atoms with Gasteiger partial charge in [0, 0.05) is 6.54 Å². The molecule has 0 saturated carbocycles. The number of nitrogens with one attached hydrogen (secondary N) is 2. The van der Waals surface area contributed by atoms with E-state index >= 15 is 0 Å². The fourth-order valence-corrected chi connectivity index (χ4v) is 3.58. The molecule has 180 valence electrons. The first-order chi connectivity index (χ1) is 16.4. The van der Waals surface area contributed by atoms with Crippen LogP contribution in [0.25, 0.3) is 5.69 Å². The number of hydrogen-bond acceptors (Lipinski definition) is 7. The van der Waals surface area contributed by atoms with Crippen LogP contribution in [-0.4, -0.2) is 46.1 Å². The summed E-state index contributed by atoms with van der Waals surface area (Å²) in [4.78, 5) is 24.0. The molecule has 3 aromatic rings. The number of rotatable bonds is 10. The van der Waals surface area contributed by atoms with E-state index in [9.17, 15) is 14.0 Å². The Labute approximate surface area is 201 Å². The predicted molar refractivity (Wildman–Crippen MR) is 126 cm³/mol. The molecule has 11 heteroatoms. The Kier molecular flexibility index (Phi) is 8.86. The lowest BCUT2D eigenvalue weighted by Gasteiger charge is -2.12. The molecule has 0 aliphatic heterocycles. The normalized spacial score (nSPS) is 10.7. The number of halogens is 1. The number of carbonyl (C=O) groups excluding carboxylic acids is 2. The molecule has 0 saturated heterocycles. The third-order valence-corrected chi connectivity index (χ3v) is 5.41. The van der Waals surface area contributed by atoms with Gasteiger partial charge in [0.2, 0.25) is 5.91 Å². The van der Waals surface area contributed by atoms with Crippen molar-refractivity contribution in [2.24, 2.45) is 5.92 Å². The van der Waals surface area contributed by atoms with Crippen LogP contribution in [0.15, 0.2) is 53.7 Å².